The second kappa shape index (κ2) is 5.51. The van der Waals surface area contributed by atoms with Gasteiger partial charge in [-0.25, -0.2) is 17.8 Å². The zero-order valence-corrected chi connectivity index (χ0v) is 12.4. The minimum absolute atomic E-state index is 0.120. The minimum Gasteiger partial charge on any atom is -0.468 e. The Morgan fingerprint density at radius 1 is 1.52 bits per heavy atom. The molecule has 8 heteroatoms. The number of ether oxygens (including phenoxy) is 2. The fraction of sp³-hybridized carbons (Fsp3) is 0.615. The summed E-state index contributed by atoms with van der Waals surface area (Å²) in [5.41, 5.74) is 0. The SMILES string of the molecule is CS(=O)(=O)N1C[C@@H](Oc2ncccc2F)[C@@H]2OCCC[C@@H]21. The number of nitrogens with zero attached hydrogens (tertiary/aromatic N) is 2. The Morgan fingerprint density at radius 3 is 3.05 bits per heavy atom. The summed E-state index contributed by atoms with van der Waals surface area (Å²) in [6.45, 7) is 0.716. The lowest BCUT2D eigenvalue weighted by molar-refractivity contribution is -0.0434. The van der Waals surface area contributed by atoms with Gasteiger partial charge in [0.05, 0.1) is 18.8 Å². The van der Waals surface area contributed by atoms with Gasteiger partial charge in [-0.05, 0) is 25.0 Å². The van der Waals surface area contributed by atoms with Crippen LogP contribution in [0.3, 0.4) is 0 Å². The molecule has 1 aromatic heterocycles. The highest BCUT2D eigenvalue weighted by molar-refractivity contribution is 7.88. The molecule has 3 rings (SSSR count). The summed E-state index contributed by atoms with van der Waals surface area (Å²) in [5.74, 6) is -0.687. The number of aromatic nitrogens is 1. The van der Waals surface area contributed by atoms with Gasteiger partial charge < -0.3 is 9.47 Å². The standard InChI is InChI=1S/C13H17FN2O4S/c1-21(17,18)16-8-11(12-10(16)5-3-7-19-12)20-13-9(14)4-2-6-15-13/h2,4,6,10-12H,3,5,7-8H2,1H3/t10-,11+,12+/m0/s1. The summed E-state index contributed by atoms with van der Waals surface area (Å²) in [6.07, 6.45) is 3.20. The van der Waals surface area contributed by atoms with E-state index in [9.17, 15) is 12.8 Å². The van der Waals surface area contributed by atoms with Gasteiger partial charge in [0, 0.05) is 12.8 Å². The van der Waals surface area contributed by atoms with E-state index in [1.165, 1.54) is 28.9 Å². The van der Waals surface area contributed by atoms with Crippen molar-refractivity contribution in [2.75, 3.05) is 19.4 Å². The third kappa shape index (κ3) is 2.88. The van der Waals surface area contributed by atoms with Crippen LogP contribution in [0.1, 0.15) is 12.8 Å². The summed E-state index contributed by atoms with van der Waals surface area (Å²) < 4.78 is 50.0. The molecule has 0 N–H and O–H groups in total. The van der Waals surface area contributed by atoms with Gasteiger partial charge in [-0.3, -0.25) is 0 Å². The zero-order valence-electron chi connectivity index (χ0n) is 11.6. The van der Waals surface area contributed by atoms with Crippen molar-refractivity contribution in [3.05, 3.63) is 24.1 Å². The molecule has 2 fully saturated rings. The minimum atomic E-state index is -3.35. The molecule has 0 spiro atoms. The van der Waals surface area contributed by atoms with Crippen LogP contribution in [0.5, 0.6) is 5.88 Å². The van der Waals surface area contributed by atoms with Crippen LogP contribution in [-0.4, -0.2) is 55.4 Å². The largest absolute Gasteiger partial charge is 0.468 e. The van der Waals surface area contributed by atoms with Crippen LogP contribution >= 0.6 is 0 Å². The highest BCUT2D eigenvalue weighted by atomic mass is 32.2. The molecule has 0 amide bonds. The highest BCUT2D eigenvalue weighted by Crippen LogP contribution is 2.33. The van der Waals surface area contributed by atoms with Gasteiger partial charge in [-0.15, -0.1) is 0 Å². The van der Waals surface area contributed by atoms with Crippen LogP contribution in [0.2, 0.25) is 0 Å². The average molecular weight is 316 g/mol. The predicted molar refractivity (Wildman–Crippen MR) is 72.9 cm³/mol. The van der Waals surface area contributed by atoms with Gasteiger partial charge in [0.15, 0.2) is 5.82 Å². The van der Waals surface area contributed by atoms with Gasteiger partial charge in [0.25, 0.3) is 5.88 Å². The first-order valence-electron chi connectivity index (χ1n) is 6.82. The van der Waals surface area contributed by atoms with E-state index in [4.69, 9.17) is 9.47 Å². The monoisotopic (exact) mass is 316 g/mol. The molecule has 2 aliphatic heterocycles. The topological polar surface area (TPSA) is 68.7 Å². The Morgan fingerprint density at radius 2 is 2.33 bits per heavy atom. The van der Waals surface area contributed by atoms with Gasteiger partial charge in [-0.1, -0.05) is 0 Å². The third-order valence-electron chi connectivity index (χ3n) is 3.84. The first kappa shape index (κ1) is 14.7. The van der Waals surface area contributed by atoms with Crippen molar-refractivity contribution < 1.29 is 22.3 Å². The molecule has 21 heavy (non-hydrogen) atoms. The molecule has 3 heterocycles. The molecule has 1 aromatic rings. The second-order valence-corrected chi connectivity index (χ2v) is 7.26. The Labute approximate surface area is 122 Å². The number of hydrogen-bond acceptors (Lipinski definition) is 5. The van der Waals surface area contributed by atoms with Crippen LogP contribution in [0.15, 0.2) is 18.3 Å². The van der Waals surface area contributed by atoms with Crippen LogP contribution in [-0.2, 0) is 14.8 Å². The summed E-state index contributed by atoms with van der Waals surface area (Å²) >= 11 is 0. The Hall–Kier alpha value is -1.25. The smallest absolute Gasteiger partial charge is 0.250 e. The number of hydrogen-bond donors (Lipinski definition) is 0. The van der Waals surface area contributed by atoms with Crippen molar-refractivity contribution in [1.29, 1.82) is 0 Å². The molecular formula is C13H17FN2O4S. The Kier molecular flexibility index (Phi) is 3.85. The summed E-state index contributed by atoms with van der Waals surface area (Å²) in [6, 6.07) is 2.48. The van der Waals surface area contributed by atoms with Gasteiger partial charge in [0.2, 0.25) is 10.0 Å². The number of halogens is 1. The molecule has 0 aromatic carbocycles. The van der Waals surface area contributed by atoms with Crippen molar-refractivity contribution in [2.24, 2.45) is 0 Å². The molecule has 0 bridgehead atoms. The van der Waals surface area contributed by atoms with Crippen molar-refractivity contribution >= 4 is 10.0 Å². The maximum Gasteiger partial charge on any atom is 0.250 e. The fourth-order valence-electron chi connectivity index (χ4n) is 2.95. The van der Waals surface area contributed by atoms with Crippen LogP contribution < -0.4 is 4.74 Å². The van der Waals surface area contributed by atoms with E-state index >= 15 is 0 Å². The molecule has 0 saturated carbocycles. The quantitative estimate of drug-likeness (QED) is 0.825. The Balaban J connectivity index is 1.84. The fourth-order valence-corrected chi connectivity index (χ4v) is 4.09. The van der Waals surface area contributed by atoms with E-state index in [1.54, 1.807) is 0 Å². The van der Waals surface area contributed by atoms with E-state index in [2.05, 4.69) is 4.98 Å². The second-order valence-electron chi connectivity index (χ2n) is 5.32. The maximum atomic E-state index is 13.6. The van der Waals surface area contributed by atoms with Crippen molar-refractivity contribution in [1.82, 2.24) is 9.29 Å². The first-order chi connectivity index (χ1) is 9.97. The predicted octanol–water partition coefficient (Wildman–Crippen LogP) is 0.791. The zero-order chi connectivity index (χ0) is 15.0. The van der Waals surface area contributed by atoms with E-state index < -0.39 is 21.9 Å². The highest BCUT2D eigenvalue weighted by Gasteiger charge is 2.49. The lowest BCUT2D eigenvalue weighted by Gasteiger charge is -2.31. The third-order valence-corrected chi connectivity index (χ3v) is 5.12. The lowest BCUT2D eigenvalue weighted by atomic mass is 10.0. The van der Waals surface area contributed by atoms with Gasteiger partial charge >= 0.3 is 0 Å². The molecule has 2 saturated heterocycles. The summed E-state index contributed by atoms with van der Waals surface area (Å²) in [5, 5.41) is 0. The Bertz CT molecular complexity index is 624. The average Bonchev–Trinajstić information content (AvgIpc) is 2.81. The molecule has 0 unspecified atom stereocenters. The van der Waals surface area contributed by atoms with Crippen molar-refractivity contribution in [3.63, 3.8) is 0 Å². The number of pyridine rings is 1. The molecule has 2 aliphatic rings. The van der Waals surface area contributed by atoms with Crippen molar-refractivity contribution in [3.8, 4) is 5.88 Å². The molecule has 3 atom stereocenters. The molecular weight excluding hydrogens is 299 g/mol. The van der Waals surface area contributed by atoms with E-state index in [0.29, 0.717) is 6.61 Å². The van der Waals surface area contributed by atoms with Crippen LogP contribution in [0.25, 0.3) is 0 Å². The normalized spacial score (nSPS) is 30.1. The number of rotatable bonds is 3. The molecule has 6 nitrogen and oxygen atoms in total. The van der Waals surface area contributed by atoms with E-state index in [-0.39, 0.29) is 24.6 Å². The maximum absolute atomic E-state index is 13.6. The summed E-state index contributed by atoms with van der Waals surface area (Å²) in [7, 11) is -3.35. The lowest BCUT2D eigenvalue weighted by Crippen LogP contribution is -2.44. The first-order valence-corrected chi connectivity index (χ1v) is 8.67. The molecule has 0 radical (unpaired) electrons. The van der Waals surface area contributed by atoms with Crippen molar-refractivity contribution in [2.45, 2.75) is 31.1 Å². The van der Waals surface area contributed by atoms with Crippen LogP contribution in [0, 0.1) is 5.82 Å². The number of fused-ring (bicyclic) bond motifs is 1. The van der Waals surface area contributed by atoms with E-state index in [0.717, 1.165) is 12.8 Å². The number of sulfonamides is 1. The van der Waals surface area contributed by atoms with E-state index in [1.807, 2.05) is 0 Å². The summed E-state index contributed by atoms with van der Waals surface area (Å²) in [4.78, 5) is 3.85. The molecule has 116 valence electrons. The molecule has 0 aliphatic carbocycles. The van der Waals surface area contributed by atoms with Gasteiger partial charge in [0.1, 0.15) is 12.2 Å². The van der Waals surface area contributed by atoms with Gasteiger partial charge in [-0.2, -0.15) is 4.31 Å². The van der Waals surface area contributed by atoms with Crippen LogP contribution in [0.4, 0.5) is 4.39 Å².